The van der Waals surface area contributed by atoms with Gasteiger partial charge >= 0.3 is 0 Å². The Kier molecular flexibility index (Phi) is 5.23. The van der Waals surface area contributed by atoms with Crippen molar-refractivity contribution in [2.45, 2.75) is 56.5 Å². The van der Waals surface area contributed by atoms with E-state index in [0.717, 1.165) is 11.9 Å². The zero-order valence-corrected chi connectivity index (χ0v) is 11.3. The number of thioether (sulfide) groups is 1. The lowest BCUT2D eigenvalue weighted by atomic mass is 10.0. The molecule has 2 nitrogen and oxygen atoms in total. The van der Waals surface area contributed by atoms with E-state index in [0.29, 0.717) is 6.04 Å². The van der Waals surface area contributed by atoms with Crippen LogP contribution >= 0.6 is 24.2 Å². The Morgan fingerprint density at radius 1 is 1.47 bits per heavy atom. The van der Waals surface area contributed by atoms with Crippen LogP contribution in [0.3, 0.4) is 0 Å². The third kappa shape index (κ3) is 3.81. The van der Waals surface area contributed by atoms with Gasteiger partial charge in [0.15, 0.2) is 0 Å². The van der Waals surface area contributed by atoms with Crippen molar-refractivity contribution in [3.8, 4) is 0 Å². The summed E-state index contributed by atoms with van der Waals surface area (Å²) < 4.78 is 5.83. The summed E-state index contributed by atoms with van der Waals surface area (Å²) in [6.07, 6.45) is 5.35. The fourth-order valence-corrected chi connectivity index (χ4v) is 3.91. The van der Waals surface area contributed by atoms with Crippen molar-refractivity contribution in [3.05, 3.63) is 0 Å². The predicted octanol–water partition coefficient (Wildman–Crippen LogP) is 2.81. The van der Waals surface area contributed by atoms with E-state index in [1.165, 1.54) is 31.4 Å². The monoisotopic (exact) mass is 251 g/mol. The minimum atomic E-state index is -0.0472. The van der Waals surface area contributed by atoms with E-state index in [1.54, 1.807) is 0 Å². The molecule has 0 aliphatic carbocycles. The van der Waals surface area contributed by atoms with Gasteiger partial charge in [-0.3, -0.25) is 5.32 Å². The van der Waals surface area contributed by atoms with Crippen molar-refractivity contribution in [1.82, 2.24) is 5.32 Å². The zero-order chi connectivity index (χ0) is 10.0. The van der Waals surface area contributed by atoms with Crippen LogP contribution in [0.4, 0.5) is 0 Å². The zero-order valence-electron chi connectivity index (χ0n) is 9.62. The lowest BCUT2D eigenvalue weighted by Crippen LogP contribution is -2.43. The number of halogens is 1. The lowest BCUT2D eigenvalue weighted by molar-refractivity contribution is -0.00139. The molecule has 2 fully saturated rings. The highest BCUT2D eigenvalue weighted by molar-refractivity contribution is 7.99. The molecule has 4 heteroatoms. The van der Waals surface area contributed by atoms with Crippen molar-refractivity contribution in [2.75, 3.05) is 12.4 Å². The summed E-state index contributed by atoms with van der Waals surface area (Å²) in [5.41, 5.74) is -0.0472. The fourth-order valence-electron chi connectivity index (χ4n) is 2.43. The molecule has 0 aromatic heterocycles. The third-order valence-electron chi connectivity index (χ3n) is 3.09. The average molecular weight is 252 g/mol. The van der Waals surface area contributed by atoms with Crippen LogP contribution in [0.2, 0.25) is 0 Å². The highest BCUT2D eigenvalue weighted by atomic mass is 35.5. The summed E-state index contributed by atoms with van der Waals surface area (Å²) in [5, 5.41) is 4.35. The maximum atomic E-state index is 5.83. The summed E-state index contributed by atoms with van der Waals surface area (Å²) in [4.78, 5) is 0. The summed E-state index contributed by atoms with van der Waals surface area (Å²) in [6.45, 7) is 5.26. The van der Waals surface area contributed by atoms with Crippen LogP contribution < -0.4 is 5.32 Å². The Labute approximate surface area is 103 Å². The molecule has 0 radical (unpaired) electrons. The van der Waals surface area contributed by atoms with Crippen molar-refractivity contribution < 1.29 is 4.74 Å². The van der Waals surface area contributed by atoms with Crippen LogP contribution in [0.5, 0.6) is 0 Å². The van der Waals surface area contributed by atoms with Gasteiger partial charge in [-0.2, -0.15) is 11.8 Å². The van der Waals surface area contributed by atoms with E-state index in [1.807, 2.05) is 0 Å². The molecule has 3 unspecified atom stereocenters. The minimum absolute atomic E-state index is 0. The Morgan fingerprint density at radius 2 is 2.27 bits per heavy atom. The van der Waals surface area contributed by atoms with E-state index in [2.05, 4.69) is 30.9 Å². The van der Waals surface area contributed by atoms with Gasteiger partial charge in [-0.1, -0.05) is 6.42 Å². The first kappa shape index (κ1) is 13.6. The molecule has 90 valence electrons. The Balaban J connectivity index is 0.00000112. The summed E-state index contributed by atoms with van der Waals surface area (Å²) >= 11 is 2.13. The van der Waals surface area contributed by atoms with Gasteiger partial charge in [-0.05, 0) is 32.4 Å². The van der Waals surface area contributed by atoms with Gasteiger partial charge < -0.3 is 4.74 Å². The van der Waals surface area contributed by atoms with Gasteiger partial charge in [0.1, 0.15) is 5.72 Å². The quantitative estimate of drug-likeness (QED) is 0.816. The van der Waals surface area contributed by atoms with E-state index in [4.69, 9.17) is 4.74 Å². The molecule has 0 aromatic carbocycles. The van der Waals surface area contributed by atoms with Crippen molar-refractivity contribution in [1.29, 1.82) is 0 Å². The number of hydrogen-bond acceptors (Lipinski definition) is 3. The molecule has 2 aliphatic heterocycles. The topological polar surface area (TPSA) is 21.3 Å². The number of rotatable bonds is 2. The minimum Gasteiger partial charge on any atom is -0.359 e. The lowest BCUT2D eigenvalue weighted by Gasteiger charge is -2.31. The van der Waals surface area contributed by atoms with Crippen molar-refractivity contribution >= 4 is 24.2 Å². The maximum Gasteiger partial charge on any atom is 0.117 e. The van der Waals surface area contributed by atoms with Gasteiger partial charge in [-0.25, -0.2) is 0 Å². The van der Waals surface area contributed by atoms with Crippen molar-refractivity contribution in [2.24, 2.45) is 0 Å². The number of hydrogen-bond donors (Lipinski definition) is 1. The molecule has 2 aliphatic rings. The second kappa shape index (κ2) is 5.76. The Bertz CT molecular complexity index is 199. The molecule has 2 heterocycles. The predicted molar refractivity (Wildman–Crippen MR) is 68.9 cm³/mol. The van der Waals surface area contributed by atoms with Crippen LogP contribution in [0.25, 0.3) is 0 Å². The summed E-state index contributed by atoms with van der Waals surface area (Å²) in [7, 11) is 0. The van der Waals surface area contributed by atoms with Gasteiger partial charge in [0.2, 0.25) is 0 Å². The Hall–Kier alpha value is 0.560. The van der Waals surface area contributed by atoms with E-state index >= 15 is 0 Å². The molecule has 0 amide bonds. The molecule has 2 saturated heterocycles. The molecule has 3 atom stereocenters. The first-order valence-electron chi connectivity index (χ1n) is 5.71. The number of nitrogens with one attached hydrogen (secondary N) is 1. The SMILES string of the molecule is CC1COC(C)(CC2CCCCS2)N1.Cl. The van der Waals surface area contributed by atoms with Crippen LogP contribution in [-0.4, -0.2) is 29.4 Å². The standard InChI is InChI=1S/C11H21NOS.ClH/c1-9-8-13-11(2,12-9)7-10-5-3-4-6-14-10;/h9-10,12H,3-8H2,1-2H3;1H. The molecule has 1 N–H and O–H groups in total. The Morgan fingerprint density at radius 3 is 2.80 bits per heavy atom. The maximum absolute atomic E-state index is 5.83. The van der Waals surface area contributed by atoms with Gasteiger partial charge in [0.05, 0.1) is 6.61 Å². The van der Waals surface area contributed by atoms with Gasteiger partial charge in [0.25, 0.3) is 0 Å². The smallest absolute Gasteiger partial charge is 0.117 e. The molecular formula is C11H22ClNOS. The molecule has 15 heavy (non-hydrogen) atoms. The molecule has 2 rings (SSSR count). The van der Waals surface area contributed by atoms with Gasteiger partial charge in [-0.15, -0.1) is 12.4 Å². The molecule has 0 aromatic rings. The largest absolute Gasteiger partial charge is 0.359 e. The van der Waals surface area contributed by atoms with Crippen LogP contribution in [0.15, 0.2) is 0 Å². The summed E-state index contributed by atoms with van der Waals surface area (Å²) in [6, 6.07) is 0.522. The average Bonchev–Trinajstić information content (AvgIpc) is 2.47. The second-order valence-corrected chi connectivity index (χ2v) is 6.19. The van der Waals surface area contributed by atoms with E-state index in [-0.39, 0.29) is 18.1 Å². The van der Waals surface area contributed by atoms with E-state index in [9.17, 15) is 0 Å². The highest BCUT2D eigenvalue weighted by Crippen LogP contribution is 2.33. The molecular weight excluding hydrogens is 230 g/mol. The van der Waals surface area contributed by atoms with Gasteiger partial charge in [0, 0.05) is 17.7 Å². The van der Waals surface area contributed by atoms with Crippen LogP contribution in [-0.2, 0) is 4.74 Å². The summed E-state index contributed by atoms with van der Waals surface area (Å²) in [5.74, 6) is 1.34. The highest BCUT2D eigenvalue weighted by Gasteiger charge is 2.35. The van der Waals surface area contributed by atoms with Crippen LogP contribution in [0.1, 0.15) is 39.5 Å². The van der Waals surface area contributed by atoms with E-state index < -0.39 is 0 Å². The van der Waals surface area contributed by atoms with Crippen LogP contribution in [0, 0.1) is 0 Å². The fraction of sp³-hybridized carbons (Fsp3) is 1.00. The molecule has 0 bridgehead atoms. The normalized spacial score (nSPS) is 41.2. The molecule has 0 spiro atoms. The van der Waals surface area contributed by atoms with Crippen molar-refractivity contribution in [3.63, 3.8) is 0 Å². The first-order chi connectivity index (χ1) is 6.68. The first-order valence-corrected chi connectivity index (χ1v) is 6.76. The third-order valence-corrected chi connectivity index (χ3v) is 4.49. The molecule has 0 saturated carbocycles. The second-order valence-electron chi connectivity index (χ2n) is 4.78. The number of ether oxygens (including phenoxy) is 1.